The maximum Gasteiger partial charge on any atom is 0.262 e. The molecule has 1 aromatic heterocycles. The second-order valence-electron chi connectivity index (χ2n) is 8.29. The SMILES string of the molecule is CCCNC(=O)c1ccc(Cn2c(SCC(=O)Nc3ccccc3OC)nc3ccccc3c2=O)cc1. The Morgan fingerprint density at radius 1 is 1.00 bits per heavy atom. The number of nitrogens with zero attached hydrogens (tertiary/aromatic N) is 2. The van der Waals surface area contributed by atoms with E-state index in [4.69, 9.17) is 4.74 Å². The number of carbonyl (C=O) groups is 2. The Labute approximate surface area is 219 Å². The molecule has 0 radical (unpaired) electrons. The Bertz CT molecular complexity index is 1470. The number of para-hydroxylation sites is 3. The van der Waals surface area contributed by atoms with Gasteiger partial charge in [-0.25, -0.2) is 4.98 Å². The van der Waals surface area contributed by atoms with E-state index in [0.717, 1.165) is 12.0 Å². The first-order chi connectivity index (χ1) is 18.0. The summed E-state index contributed by atoms with van der Waals surface area (Å²) in [6, 6.07) is 21.4. The summed E-state index contributed by atoms with van der Waals surface area (Å²) in [6.45, 7) is 2.87. The van der Waals surface area contributed by atoms with E-state index in [-0.39, 0.29) is 29.7 Å². The first-order valence-electron chi connectivity index (χ1n) is 11.9. The molecule has 3 aromatic carbocycles. The summed E-state index contributed by atoms with van der Waals surface area (Å²) in [5.41, 5.74) is 2.35. The molecule has 0 aliphatic rings. The minimum absolute atomic E-state index is 0.0549. The maximum atomic E-state index is 13.4. The third-order valence-corrected chi connectivity index (χ3v) is 6.61. The molecule has 0 saturated heterocycles. The highest BCUT2D eigenvalue weighted by atomic mass is 32.2. The number of aromatic nitrogens is 2. The van der Waals surface area contributed by atoms with E-state index in [1.807, 2.05) is 37.3 Å². The number of benzene rings is 3. The molecule has 190 valence electrons. The van der Waals surface area contributed by atoms with E-state index in [1.165, 1.54) is 11.8 Å². The summed E-state index contributed by atoms with van der Waals surface area (Å²) in [6.07, 6.45) is 0.860. The molecule has 9 heteroatoms. The average molecular weight is 517 g/mol. The Hall–Kier alpha value is -4.11. The number of amides is 2. The number of carbonyl (C=O) groups excluding carboxylic acids is 2. The second-order valence-corrected chi connectivity index (χ2v) is 9.24. The van der Waals surface area contributed by atoms with Crippen LogP contribution in [-0.2, 0) is 11.3 Å². The zero-order chi connectivity index (χ0) is 26.2. The molecule has 0 aliphatic carbocycles. The molecule has 2 N–H and O–H groups in total. The molecule has 0 saturated carbocycles. The van der Waals surface area contributed by atoms with Gasteiger partial charge in [0.2, 0.25) is 5.91 Å². The number of fused-ring (bicyclic) bond motifs is 1. The number of nitrogens with one attached hydrogen (secondary N) is 2. The van der Waals surface area contributed by atoms with Crippen LogP contribution in [0.2, 0.25) is 0 Å². The molecule has 8 nitrogen and oxygen atoms in total. The third-order valence-electron chi connectivity index (χ3n) is 5.63. The van der Waals surface area contributed by atoms with Gasteiger partial charge >= 0.3 is 0 Å². The van der Waals surface area contributed by atoms with Crippen LogP contribution >= 0.6 is 11.8 Å². The zero-order valence-electron chi connectivity index (χ0n) is 20.7. The summed E-state index contributed by atoms with van der Waals surface area (Å²) in [7, 11) is 1.54. The first kappa shape index (κ1) is 26.0. The maximum absolute atomic E-state index is 13.4. The van der Waals surface area contributed by atoms with Crippen molar-refractivity contribution in [3.05, 3.63) is 94.3 Å². The number of methoxy groups -OCH3 is 1. The summed E-state index contributed by atoms with van der Waals surface area (Å²) >= 11 is 1.19. The fourth-order valence-corrected chi connectivity index (χ4v) is 4.54. The highest BCUT2D eigenvalue weighted by molar-refractivity contribution is 7.99. The monoisotopic (exact) mass is 516 g/mol. The normalized spacial score (nSPS) is 10.8. The van der Waals surface area contributed by atoms with Gasteiger partial charge in [0.05, 0.1) is 36.0 Å². The minimum Gasteiger partial charge on any atom is -0.495 e. The van der Waals surface area contributed by atoms with Crippen molar-refractivity contribution in [3.63, 3.8) is 0 Å². The van der Waals surface area contributed by atoms with Crippen LogP contribution in [-0.4, -0.2) is 40.8 Å². The van der Waals surface area contributed by atoms with Crippen LogP contribution in [0.3, 0.4) is 0 Å². The summed E-state index contributed by atoms with van der Waals surface area (Å²) in [5.74, 6) is 0.244. The molecule has 0 spiro atoms. The van der Waals surface area contributed by atoms with Gasteiger partial charge in [-0.3, -0.25) is 19.0 Å². The number of anilines is 1. The van der Waals surface area contributed by atoms with Crippen molar-refractivity contribution in [3.8, 4) is 5.75 Å². The lowest BCUT2D eigenvalue weighted by atomic mass is 10.1. The van der Waals surface area contributed by atoms with Gasteiger partial charge in [-0.1, -0.05) is 55.1 Å². The van der Waals surface area contributed by atoms with Crippen molar-refractivity contribution in [1.82, 2.24) is 14.9 Å². The van der Waals surface area contributed by atoms with Crippen LogP contribution in [0.15, 0.2) is 82.7 Å². The van der Waals surface area contributed by atoms with Crippen molar-refractivity contribution in [2.75, 3.05) is 24.7 Å². The van der Waals surface area contributed by atoms with E-state index in [0.29, 0.717) is 39.6 Å². The molecular formula is C28H28N4O4S. The van der Waals surface area contributed by atoms with Crippen molar-refractivity contribution in [1.29, 1.82) is 0 Å². The third kappa shape index (κ3) is 6.37. The van der Waals surface area contributed by atoms with Crippen LogP contribution in [0.5, 0.6) is 5.75 Å². The van der Waals surface area contributed by atoms with Gasteiger partial charge < -0.3 is 15.4 Å². The molecule has 4 aromatic rings. The first-order valence-corrected chi connectivity index (χ1v) is 12.9. The minimum atomic E-state index is -0.245. The highest BCUT2D eigenvalue weighted by Crippen LogP contribution is 2.24. The molecule has 0 atom stereocenters. The number of hydrogen-bond donors (Lipinski definition) is 2. The van der Waals surface area contributed by atoms with Crippen LogP contribution in [0, 0.1) is 0 Å². The number of hydrogen-bond acceptors (Lipinski definition) is 6. The summed E-state index contributed by atoms with van der Waals surface area (Å²) in [5, 5.41) is 6.64. The zero-order valence-corrected chi connectivity index (χ0v) is 21.5. The molecule has 0 fully saturated rings. The Morgan fingerprint density at radius 2 is 1.73 bits per heavy atom. The van der Waals surface area contributed by atoms with Crippen LogP contribution in [0.25, 0.3) is 10.9 Å². The van der Waals surface area contributed by atoms with Crippen molar-refractivity contribution in [2.24, 2.45) is 0 Å². The Morgan fingerprint density at radius 3 is 2.49 bits per heavy atom. The van der Waals surface area contributed by atoms with Crippen LogP contribution in [0.1, 0.15) is 29.3 Å². The fraction of sp³-hybridized carbons (Fsp3) is 0.214. The van der Waals surface area contributed by atoms with Crippen LogP contribution < -0.4 is 20.9 Å². The Balaban J connectivity index is 1.57. The topological polar surface area (TPSA) is 102 Å². The molecule has 0 aliphatic heterocycles. The summed E-state index contributed by atoms with van der Waals surface area (Å²) < 4.78 is 6.86. The van der Waals surface area contributed by atoms with Gasteiger partial charge in [-0.2, -0.15) is 0 Å². The lowest BCUT2D eigenvalue weighted by Crippen LogP contribution is -2.25. The number of thioether (sulfide) groups is 1. The largest absolute Gasteiger partial charge is 0.495 e. The second kappa shape index (κ2) is 12.2. The molecule has 4 rings (SSSR count). The van der Waals surface area contributed by atoms with Crippen LogP contribution in [0.4, 0.5) is 5.69 Å². The predicted octanol–water partition coefficient (Wildman–Crippen LogP) is 4.32. The lowest BCUT2D eigenvalue weighted by molar-refractivity contribution is -0.113. The molecule has 2 amide bonds. The average Bonchev–Trinajstić information content (AvgIpc) is 2.93. The van der Waals surface area contributed by atoms with Gasteiger partial charge in [0, 0.05) is 12.1 Å². The predicted molar refractivity (Wildman–Crippen MR) is 147 cm³/mol. The highest BCUT2D eigenvalue weighted by Gasteiger charge is 2.15. The van der Waals surface area contributed by atoms with Gasteiger partial charge in [0.1, 0.15) is 5.75 Å². The van der Waals surface area contributed by atoms with Crippen molar-refractivity contribution >= 4 is 40.2 Å². The summed E-state index contributed by atoms with van der Waals surface area (Å²) in [4.78, 5) is 43.0. The number of rotatable bonds is 10. The van der Waals surface area contributed by atoms with Gasteiger partial charge in [0.15, 0.2) is 5.16 Å². The van der Waals surface area contributed by atoms with E-state index >= 15 is 0 Å². The Kier molecular flexibility index (Phi) is 8.58. The molecule has 0 unspecified atom stereocenters. The smallest absolute Gasteiger partial charge is 0.262 e. The number of ether oxygens (including phenoxy) is 1. The molecular weight excluding hydrogens is 488 g/mol. The molecule has 0 bridgehead atoms. The van der Waals surface area contributed by atoms with E-state index in [9.17, 15) is 14.4 Å². The lowest BCUT2D eigenvalue weighted by Gasteiger charge is -2.14. The molecule has 1 heterocycles. The van der Waals surface area contributed by atoms with Gasteiger partial charge in [-0.15, -0.1) is 0 Å². The van der Waals surface area contributed by atoms with Crippen molar-refractivity contribution < 1.29 is 14.3 Å². The van der Waals surface area contributed by atoms with E-state index in [2.05, 4.69) is 15.6 Å². The fourth-order valence-electron chi connectivity index (χ4n) is 3.75. The van der Waals surface area contributed by atoms with Gasteiger partial charge in [0.25, 0.3) is 11.5 Å². The van der Waals surface area contributed by atoms with E-state index in [1.54, 1.807) is 54.1 Å². The van der Waals surface area contributed by atoms with Gasteiger partial charge in [-0.05, 0) is 48.4 Å². The quantitative estimate of drug-likeness (QED) is 0.240. The van der Waals surface area contributed by atoms with Crippen molar-refractivity contribution in [2.45, 2.75) is 25.0 Å². The standard InChI is InChI=1S/C28H28N4O4S/c1-3-16-29-26(34)20-14-12-19(13-15-20)17-32-27(35)21-8-4-5-9-22(21)31-28(32)37-18-25(33)30-23-10-6-7-11-24(23)36-2/h4-15H,3,16-18H2,1-2H3,(H,29,34)(H,30,33). The van der Waals surface area contributed by atoms with E-state index < -0.39 is 0 Å². The molecule has 37 heavy (non-hydrogen) atoms.